The second-order valence-electron chi connectivity index (χ2n) is 11.1. The van der Waals surface area contributed by atoms with Crippen molar-refractivity contribution in [2.45, 2.75) is 98.0 Å². The number of sulfone groups is 1. The molecule has 0 heterocycles. The molecular weight excluding hydrogens is 516 g/mol. The Morgan fingerprint density at radius 2 is 1.41 bits per heavy atom. The second kappa shape index (κ2) is 18.2. The van der Waals surface area contributed by atoms with Crippen LogP contribution in [-0.4, -0.2) is 57.3 Å². The van der Waals surface area contributed by atoms with Crippen molar-refractivity contribution in [2.24, 2.45) is 11.3 Å². The van der Waals surface area contributed by atoms with Gasteiger partial charge in [-0.1, -0.05) is 104 Å². The number of amides is 2. The zero-order valence-electron chi connectivity index (χ0n) is 24.6. The van der Waals surface area contributed by atoms with Gasteiger partial charge in [0.05, 0.1) is 11.5 Å². The van der Waals surface area contributed by atoms with Gasteiger partial charge in [-0.25, -0.2) is 8.42 Å². The Balaban J connectivity index is 2.43. The fourth-order valence-corrected chi connectivity index (χ4v) is 6.06. The van der Waals surface area contributed by atoms with Gasteiger partial charge in [-0.05, 0) is 18.6 Å². The first-order chi connectivity index (χ1) is 18.4. The van der Waals surface area contributed by atoms with Crippen LogP contribution in [0.15, 0.2) is 30.3 Å². The van der Waals surface area contributed by atoms with Gasteiger partial charge in [0.15, 0.2) is 21.7 Å². The molecule has 0 aliphatic heterocycles. The summed E-state index contributed by atoms with van der Waals surface area (Å²) in [7, 11) is -2.08. The van der Waals surface area contributed by atoms with Crippen molar-refractivity contribution in [1.29, 1.82) is 0 Å². The zero-order valence-corrected chi connectivity index (χ0v) is 25.4. The molecule has 0 saturated heterocycles. The van der Waals surface area contributed by atoms with Gasteiger partial charge < -0.3 is 15.4 Å². The van der Waals surface area contributed by atoms with E-state index in [0.717, 1.165) is 19.3 Å². The third-order valence-corrected chi connectivity index (χ3v) is 8.80. The summed E-state index contributed by atoms with van der Waals surface area (Å²) in [5.41, 5.74) is -0.574. The number of rotatable bonds is 21. The van der Waals surface area contributed by atoms with Crippen LogP contribution in [-0.2, 0) is 29.0 Å². The summed E-state index contributed by atoms with van der Waals surface area (Å²) in [4.78, 5) is 38.4. The zero-order chi connectivity index (χ0) is 29.3. The quantitative estimate of drug-likeness (QED) is 0.154. The van der Waals surface area contributed by atoms with Gasteiger partial charge in [-0.2, -0.15) is 0 Å². The van der Waals surface area contributed by atoms with Crippen molar-refractivity contribution >= 4 is 33.1 Å². The van der Waals surface area contributed by atoms with E-state index in [1.165, 1.54) is 45.6 Å². The summed E-state index contributed by atoms with van der Waals surface area (Å²) in [6.45, 7) is 6.96. The van der Waals surface area contributed by atoms with E-state index in [9.17, 15) is 22.8 Å². The van der Waals surface area contributed by atoms with Gasteiger partial charge in [-0.3, -0.25) is 14.4 Å². The molecule has 0 aliphatic carbocycles. The SMILES string of the molecule is CCCCCCCCCCCCS(=O)(=O)CC(C)C(=O)NCC(C)(C)C(=O)C(OC)C(=O)Nc1ccccc1. The highest BCUT2D eigenvalue weighted by Crippen LogP contribution is 2.21. The minimum atomic E-state index is -3.36. The average Bonchev–Trinajstić information content (AvgIpc) is 2.89. The van der Waals surface area contributed by atoms with E-state index >= 15 is 0 Å². The van der Waals surface area contributed by atoms with E-state index in [2.05, 4.69) is 17.6 Å². The van der Waals surface area contributed by atoms with Gasteiger partial charge >= 0.3 is 0 Å². The van der Waals surface area contributed by atoms with Gasteiger partial charge in [0, 0.05) is 30.7 Å². The molecule has 0 fully saturated rings. The lowest BCUT2D eigenvalue weighted by molar-refractivity contribution is -0.144. The van der Waals surface area contributed by atoms with Crippen LogP contribution in [0.2, 0.25) is 0 Å². The van der Waals surface area contributed by atoms with Gasteiger partial charge in [0.1, 0.15) is 0 Å². The summed E-state index contributed by atoms with van der Waals surface area (Å²) in [5.74, 6) is -2.42. The number of ether oxygens (including phenoxy) is 1. The normalized spacial score (nSPS) is 13.5. The van der Waals surface area contributed by atoms with Crippen LogP contribution in [0.25, 0.3) is 0 Å². The fraction of sp³-hybridized carbons (Fsp3) is 0.700. The molecule has 0 aliphatic rings. The number of unbranched alkanes of at least 4 members (excludes halogenated alkanes) is 9. The molecule has 2 atom stereocenters. The Bertz CT molecular complexity index is 978. The summed E-state index contributed by atoms with van der Waals surface area (Å²) >= 11 is 0. The van der Waals surface area contributed by atoms with Gasteiger partial charge in [-0.15, -0.1) is 0 Å². The Hall–Kier alpha value is -2.26. The molecule has 2 amide bonds. The molecule has 0 bridgehead atoms. The molecule has 0 spiro atoms. The van der Waals surface area contributed by atoms with Crippen molar-refractivity contribution in [3.63, 3.8) is 0 Å². The van der Waals surface area contributed by atoms with Crippen molar-refractivity contribution in [3.05, 3.63) is 30.3 Å². The van der Waals surface area contributed by atoms with E-state index in [4.69, 9.17) is 4.74 Å². The van der Waals surface area contributed by atoms with Crippen LogP contribution in [0.4, 0.5) is 5.69 Å². The number of carbonyl (C=O) groups is 3. The number of methoxy groups -OCH3 is 1. The summed E-state index contributed by atoms with van der Waals surface area (Å²) < 4.78 is 30.3. The van der Waals surface area contributed by atoms with E-state index in [1.54, 1.807) is 45.0 Å². The highest BCUT2D eigenvalue weighted by Gasteiger charge is 2.38. The predicted molar refractivity (Wildman–Crippen MR) is 157 cm³/mol. The molecule has 0 saturated carbocycles. The summed E-state index contributed by atoms with van der Waals surface area (Å²) in [6.07, 6.45) is 9.89. The topological polar surface area (TPSA) is 119 Å². The number of para-hydroxylation sites is 1. The largest absolute Gasteiger partial charge is 0.364 e. The standard InChI is InChI=1S/C30H50N2O6S/c1-6-7-8-9-10-11-12-13-14-18-21-39(36,37)22-24(2)28(34)31-23-30(3,4)27(33)26(38-5)29(35)32-25-19-16-15-17-20-25/h15-17,19-20,24,26H,6-14,18,21-23H2,1-5H3,(H,31,34)(H,32,35). The second-order valence-corrected chi connectivity index (χ2v) is 13.4. The molecule has 0 aromatic heterocycles. The lowest BCUT2D eigenvalue weighted by atomic mass is 9.84. The Labute approximate surface area is 236 Å². The van der Waals surface area contributed by atoms with Crippen molar-refractivity contribution in [3.8, 4) is 0 Å². The molecule has 1 rings (SSSR count). The molecular formula is C30H50N2O6S. The number of hydrogen-bond acceptors (Lipinski definition) is 6. The maximum absolute atomic E-state index is 13.1. The maximum Gasteiger partial charge on any atom is 0.261 e. The number of ketones is 1. The Kier molecular flexibility index (Phi) is 16.2. The number of anilines is 1. The first-order valence-electron chi connectivity index (χ1n) is 14.3. The van der Waals surface area contributed by atoms with E-state index in [0.29, 0.717) is 12.1 Å². The summed E-state index contributed by atoms with van der Waals surface area (Å²) in [5, 5.41) is 5.35. The number of carbonyl (C=O) groups excluding carboxylic acids is 3. The molecule has 9 heteroatoms. The Morgan fingerprint density at radius 3 is 1.95 bits per heavy atom. The molecule has 2 unspecified atom stereocenters. The fourth-order valence-electron chi connectivity index (χ4n) is 4.34. The van der Waals surface area contributed by atoms with Crippen LogP contribution < -0.4 is 10.6 Å². The summed E-state index contributed by atoms with van der Waals surface area (Å²) in [6, 6.07) is 8.73. The molecule has 0 radical (unpaired) electrons. The molecule has 1 aromatic carbocycles. The average molecular weight is 567 g/mol. The Morgan fingerprint density at radius 1 is 0.872 bits per heavy atom. The van der Waals surface area contributed by atoms with E-state index < -0.39 is 44.9 Å². The van der Waals surface area contributed by atoms with Crippen LogP contribution in [0.1, 0.15) is 91.9 Å². The van der Waals surface area contributed by atoms with Crippen molar-refractivity contribution in [2.75, 3.05) is 30.5 Å². The monoisotopic (exact) mass is 566 g/mol. The van der Waals surface area contributed by atoms with Crippen LogP contribution in [0, 0.1) is 11.3 Å². The minimum absolute atomic E-state index is 0.0496. The highest BCUT2D eigenvalue weighted by molar-refractivity contribution is 7.91. The van der Waals surface area contributed by atoms with E-state index in [1.807, 2.05) is 6.07 Å². The lowest BCUT2D eigenvalue weighted by Gasteiger charge is -2.28. The number of nitrogens with one attached hydrogen (secondary N) is 2. The first kappa shape index (κ1) is 34.8. The first-order valence-corrected chi connectivity index (χ1v) is 16.2. The van der Waals surface area contributed by atoms with Crippen molar-refractivity contribution in [1.82, 2.24) is 5.32 Å². The third-order valence-electron chi connectivity index (χ3n) is 6.89. The molecule has 8 nitrogen and oxygen atoms in total. The molecule has 39 heavy (non-hydrogen) atoms. The minimum Gasteiger partial charge on any atom is -0.364 e. The van der Waals surface area contributed by atoms with Gasteiger partial charge in [0.2, 0.25) is 5.91 Å². The smallest absolute Gasteiger partial charge is 0.261 e. The maximum atomic E-state index is 13.1. The van der Waals surface area contributed by atoms with Gasteiger partial charge in [0.25, 0.3) is 5.91 Å². The van der Waals surface area contributed by atoms with Crippen LogP contribution in [0.3, 0.4) is 0 Å². The third kappa shape index (κ3) is 14.1. The molecule has 1 aromatic rings. The highest BCUT2D eigenvalue weighted by atomic mass is 32.2. The molecule has 222 valence electrons. The van der Waals surface area contributed by atoms with Crippen molar-refractivity contribution < 1.29 is 27.5 Å². The lowest BCUT2D eigenvalue weighted by Crippen LogP contribution is -2.49. The number of Topliss-reactive ketones (excluding diaryl/α,β-unsaturated/α-hetero) is 1. The molecule has 2 N–H and O–H groups in total. The number of benzene rings is 1. The van der Waals surface area contributed by atoms with Crippen LogP contribution >= 0.6 is 0 Å². The number of hydrogen-bond donors (Lipinski definition) is 2. The van der Waals surface area contributed by atoms with E-state index in [-0.39, 0.29) is 18.1 Å². The predicted octanol–water partition coefficient (Wildman–Crippen LogP) is 5.32. The van der Waals surface area contributed by atoms with Crippen LogP contribution in [0.5, 0.6) is 0 Å².